The summed E-state index contributed by atoms with van der Waals surface area (Å²) >= 11 is 0. The lowest BCUT2D eigenvalue weighted by Crippen LogP contribution is -2.40. The van der Waals surface area contributed by atoms with Gasteiger partial charge in [0.25, 0.3) is 0 Å². The zero-order valence-corrected chi connectivity index (χ0v) is 13.5. The monoisotopic (exact) mass is 320 g/mol. The average molecular weight is 320 g/mol. The summed E-state index contributed by atoms with van der Waals surface area (Å²) in [5, 5.41) is 16.0. The van der Waals surface area contributed by atoms with Crippen LogP contribution in [0.1, 0.15) is 24.2 Å². The Balaban J connectivity index is 2.15. The second kappa shape index (κ2) is 7.23. The second-order valence-electron chi connectivity index (χ2n) is 5.39. The van der Waals surface area contributed by atoms with Crippen LogP contribution in [-0.4, -0.2) is 46.0 Å². The Kier molecular flexibility index (Phi) is 5.33. The summed E-state index contributed by atoms with van der Waals surface area (Å²) in [4.78, 5) is 13.4. The van der Waals surface area contributed by atoms with Gasteiger partial charge in [0, 0.05) is 24.8 Å². The van der Waals surface area contributed by atoms with E-state index in [1.54, 1.807) is 30.1 Å². The van der Waals surface area contributed by atoms with Crippen LogP contribution in [0.2, 0.25) is 0 Å². The molecular formula is C16H21FN4O2. The quantitative estimate of drug-likeness (QED) is 0.885. The average Bonchev–Trinajstić information content (AvgIpc) is 2.90. The highest BCUT2D eigenvalue weighted by Crippen LogP contribution is 2.20. The number of aliphatic hydroxyl groups excluding tert-OH is 1. The molecule has 1 unspecified atom stereocenters. The minimum Gasteiger partial charge on any atom is -0.395 e. The van der Waals surface area contributed by atoms with Crippen molar-refractivity contribution >= 4 is 6.03 Å². The first-order valence-electron chi connectivity index (χ1n) is 7.37. The van der Waals surface area contributed by atoms with Gasteiger partial charge in [-0.15, -0.1) is 0 Å². The minimum absolute atomic E-state index is 0.0835. The van der Waals surface area contributed by atoms with Gasteiger partial charge in [0.2, 0.25) is 0 Å². The Hall–Kier alpha value is -2.41. The number of hydrogen-bond donors (Lipinski definition) is 2. The molecule has 1 heterocycles. The first-order valence-corrected chi connectivity index (χ1v) is 7.37. The molecular weight excluding hydrogens is 299 g/mol. The maximum Gasteiger partial charge on any atom is 0.317 e. The molecule has 0 aliphatic rings. The molecule has 1 aromatic heterocycles. The van der Waals surface area contributed by atoms with Gasteiger partial charge in [-0.1, -0.05) is 0 Å². The van der Waals surface area contributed by atoms with E-state index in [9.17, 15) is 9.18 Å². The number of amides is 2. The molecule has 2 amide bonds. The van der Waals surface area contributed by atoms with Crippen LogP contribution >= 0.6 is 0 Å². The van der Waals surface area contributed by atoms with E-state index in [1.165, 1.54) is 17.0 Å². The van der Waals surface area contributed by atoms with Crippen LogP contribution in [0.4, 0.5) is 9.18 Å². The van der Waals surface area contributed by atoms with Crippen molar-refractivity contribution in [3.8, 4) is 5.69 Å². The van der Waals surface area contributed by atoms with E-state index in [1.807, 2.05) is 13.8 Å². The molecule has 23 heavy (non-hydrogen) atoms. The molecule has 0 fully saturated rings. The molecule has 2 rings (SSSR count). The molecule has 2 N–H and O–H groups in total. The second-order valence-corrected chi connectivity index (χ2v) is 5.39. The number of rotatable bonds is 5. The fourth-order valence-corrected chi connectivity index (χ4v) is 2.31. The Morgan fingerprint density at radius 3 is 2.70 bits per heavy atom. The van der Waals surface area contributed by atoms with Crippen molar-refractivity contribution < 1.29 is 14.3 Å². The number of urea groups is 1. The van der Waals surface area contributed by atoms with E-state index < -0.39 is 0 Å². The lowest BCUT2D eigenvalue weighted by molar-refractivity contribution is 0.188. The van der Waals surface area contributed by atoms with Crippen LogP contribution in [-0.2, 0) is 0 Å². The largest absolute Gasteiger partial charge is 0.395 e. The Morgan fingerprint density at radius 2 is 2.09 bits per heavy atom. The number of carbonyl (C=O) groups is 1. The lowest BCUT2D eigenvalue weighted by Gasteiger charge is -2.20. The summed E-state index contributed by atoms with van der Waals surface area (Å²) in [6.45, 7) is 3.95. The van der Waals surface area contributed by atoms with E-state index >= 15 is 0 Å². The van der Waals surface area contributed by atoms with Gasteiger partial charge in [-0.05, 0) is 38.1 Å². The van der Waals surface area contributed by atoms with Gasteiger partial charge in [-0.25, -0.2) is 13.9 Å². The molecule has 2 aromatic rings. The van der Waals surface area contributed by atoms with Gasteiger partial charge in [-0.2, -0.15) is 5.10 Å². The van der Waals surface area contributed by atoms with E-state index in [-0.39, 0.29) is 31.0 Å². The lowest BCUT2D eigenvalue weighted by atomic mass is 10.1. The zero-order valence-electron chi connectivity index (χ0n) is 13.5. The summed E-state index contributed by atoms with van der Waals surface area (Å²) in [6, 6.07) is 5.56. The SMILES string of the molecule is Cc1c(C(C)NC(=O)N(C)CCO)cnn1-c1ccc(F)cc1. The maximum absolute atomic E-state index is 13.0. The normalized spacial score (nSPS) is 12.0. The number of nitrogens with zero attached hydrogens (tertiary/aromatic N) is 3. The van der Waals surface area contributed by atoms with Crippen LogP contribution in [0.3, 0.4) is 0 Å². The molecule has 0 radical (unpaired) electrons. The summed E-state index contributed by atoms with van der Waals surface area (Å²) in [6.07, 6.45) is 1.69. The van der Waals surface area contributed by atoms with Crippen LogP contribution in [0.25, 0.3) is 5.69 Å². The number of aromatic nitrogens is 2. The van der Waals surface area contributed by atoms with E-state index in [4.69, 9.17) is 5.11 Å². The first-order chi connectivity index (χ1) is 10.9. The summed E-state index contributed by atoms with van der Waals surface area (Å²) < 4.78 is 14.7. The molecule has 0 saturated heterocycles. The number of halogens is 1. The van der Waals surface area contributed by atoms with E-state index in [2.05, 4.69) is 10.4 Å². The van der Waals surface area contributed by atoms with E-state index in [0.717, 1.165) is 16.9 Å². The molecule has 1 aromatic carbocycles. The van der Waals surface area contributed by atoms with Gasteiger partial charge in [-0.3, -0.25) is 0 Å². The van der Waals surface area contributed by atoms with Crippen molar-refractivity contribution in [1.29, 1.82) is 0 Å². The topological polar surface area (TPSA) is 70.4 Å². The summed E-state index contributed by atoms with van der Waals surface area (Å²) in [5.41, 5.74) is 2.50. The predicted octanol–water partition coefficient (Wildman–Crippen LogP) is 2.01. The van der Waals surface area contributed by atoms with Crippen LogP contribution < -0.4 is 5.32 Å². The van der Waals surface area contributed by atoms with Crippen molar-refractivity contribution in [2.24, 2.45) is 0 Å². The number of hydrogen-bond acceptors (Lipinski definition) is 3. The fourth-order valence-electron chi connectivity index (χ4n) is 2.31. The third kappa shape index (κ3) is 3.87. The minimum atomic E-state index is -0.300. The Labute approximate surface area is 134 Å². The Bertz CT molecular complexity index is 669. The molecule has 0 aliphatic heterocycles. The number of aliphatic hydroxyl groups is 1. The zero-order chi connectivity index (χ0) is 17.0. The highest BCUT2D eigenvalue weighted by atomic mass is 19.1. The van der Waals surface area contributed by atoms with Crippen molar-refractivity contribution in [3.63, 3.8) is 0 Å². The number of likely N-dealkylation sites (N-methyl/N-ethyl adjacent to an activating group) is 1. The smallest absolute Gasteiger partial charge is 0.317 e. The fraction of sp³-hybridized carbons (Fsp3) is 0.375. The molecule has 6 nitrogen and oxygen atoms in total. The van der Waals surface area contributed by atoms with Crippen molar-refractivity contribution in [2.75, 3.05) is 20.2 Å². The third-order valence-electron chi connectivity index (χ3n) is 3.71. The third-order valence-corrected chi connectivity index (χ3v) is 3.71. The van der Waals surface area contributed by atoms with Crippen molar-refractivity contribution in [3.05, 3.63) is 47.5 Å². The van der Waals surface area contributed by atoms with Gasteiger partial charge in [0.05, 0.1) is 24.5 Å². The standard InChI is InChI=1S/C16H21FN4O2/c1-11(19-16(23)20(3)8-9-22)15-10-18-21(12(15)2)14-6-4-13(17)5-7-14/h4-7,10-11,22H,8-9H2,1-3H3,(H,19,23). The summed E-state index contributed by atoms with van der Waals surface area (Å²) in [7, 11) is 1.62. The van der Waals surface area contributed by atoms with Crippen LogP contribution in [0, 0.1) is 12.7 Å². The molecule has 7 heteroatoms. The van der Waals surface area contributed by atoms with Gasteiger partial charge >= 0.3 is 6.03 Å². The predicted molar refractivity (Wildman–Crippen MR) is 84.9 cm³/mol. The molecule has 1 atom stereocenters. The van der Waals surface area contributed by atoms with Crippen molar-refractivity contribution in [2.45, 2.75) is 19.9 Å². The highest BCUT2D eigenvalue weighted by Gasteiger charge is 2.18. The molecule has 0 aliphatic carbocycles. The number of benzene rings is 1. The number of carbonyl (C=O) groups excluding carboxylic acids is 1. The van der Waals surface area contributed by atoms with Gasteiger partial charge in [0.1, 0.15) is 5.82 Å². The maximum atomic E-state index is 13.0. The number of nitrogens with one attached hydrogen (secondary N) is 1. The van der Waals surface area contributed by atoms with Crippen molar-refractivity contribution in [1.82, 2.24) is 20.0 Å². The molecule has 0 saturated carbocycles. The van der Waals surface area contributed by atoms with Crippen LogP contribution in [0.15, 0.2) is 30.5 Å². The van der Waals surface area contributed by atoms with E-state index in [0.29, 0.717) is 0 Å². The van der Waals surface area contributed by atoms with Gasteiger partial charge < -0.3 is 15.3 Å². The molecule has 0 bridgehead atoms. The first kappa shape index (κ1) is 17.0. The van der Waals surface area contributed by atoms with Crippen LogP contribution in [0.5, 0.6) is 0 Å². The van der Waals surface area contributed by atoms with Gasteiger partial charge in [0.15, 0.2) is 0 Å². The summed E-state index contributed by atoms with van der Waals surface area (Å²) in [5.74, 6) is -0.300. The molecule has 0 spiro atoms. The molecule has 124 valence electrons. The highest BCUT2D eigenvalue weighted by molar-refractivity contribution is 5.74. The Morgan fingerprint density at radius 1 is 1.43 bits per heavy atom.